The number of aryl methyl sites for hydroxylation is 2. The Balaban J connectivity index is 1.74. The van der Waals surface area contributed by atoms with E-state index in [9.17, 15) is 5.11 Å². The largest absolute Gasteiger partial charge is 0.394 e. The van der Waals surface area contributed by atoms with Gasteiger partial charge in [0.2, 0.25) is 0 Å². The fraction of sp³-hybridized carbons (Fsp3) is 0.733. The second-order valence-corrected chi connectivity index (χ2v) is 7.08. The van der Waals surface area contributed by atoms with Gasteiger partial charge in [-0.3, -0.25) is 0 Å². The first kappa shape index (κ1) is 15.7. The maximum atomic E-state index is 9.56. The molecule has 1 atom stereocenters. The molecule has 1 unspecified atom stereocenters. The Bertz CT molecular complexity index is 430. The van der Waals surface area contributed by atoms with Gasteiger partial charge >= 0.3 is 0 Å². The highest BCUT2D eigenvalue weighted by molar-refractivity contribution is 7.99. The summed E-state index contributed by atoms with van der Waals surface area (Å²) < 4.78 is 0. The smallest absolute Gasteiger partial charge is 0.187 e. The van der Waals surface area contributed by atoms with Crippen LogP contribution in [0.25, 0.3) is 0 Å². The number of rotatable bonds is 8. The predicted octanol–water partition coefficient (Wildman–Crippen LogP) is 2.47. The molecule has 2 N–H and O–H groups in total. The molecule has 1 aliphatic carbocycles. The van der Waals surface area contributed by atoms with E-state index >= 15 is 0 Å². The normalized spacial score (nSPS) is 18.0. The number of nitrogens with zero attached hydrogens (tertiary/aromatic N) is 2. The van der Waals surface area contributed by atoms with Crippen LogP contribution >= 0.6 is 11.8 Å². The van der Waals surface area contributed by atoms with Crippen molar-refractivity contribution in [2.75, 3.05) is 12.4 Å². The lowest BCUT2D eigenvalue weighted by molar-refractivity contribution is 0.163. The van der Waals surface area contributed by atoms with Gasteiger partial charge in [0.15, 0.2) is 5.16 Å². The highest BCUT2D eigenvalue weighted by Gasteiger charge is 2.31. The zero-order valence-corrected chi connectivity index (χ0v) is 13.5. The fourth-order valence-corrected chi connectivity index (χ4v) is 3.19. The molecule has 2 rings (SSSR count). The van der Waals surface area contributed by atoms with Crippen LogP contribution < -0.4 is 5.32 Å². The molecule has 0 bridgehead atoms. The lowest BCUT2D eigenvalue weighted by Crippen LogP contribution is -2.46. The van der Waals surface area contributed by atoms with Gasteiger partial charge in [-0.05, 0) is 52.5 Å². The van der Waals surface area contributed by atoms with E-state index in [1.165, 1.54) is 12.8 Å². The lowest BCUT2D eigenvalue weighted by Gasteiger charge is -2.29. The molecule has 1 heterocycles. The first-order chi connectivity index (χ1) is 9.50. The van der Waals surface area contributed by atoms with Gasteiger partial charge in [-0.25, -0.2) is 9.97 Å². The zero-order valence-electron chi connectivity index (χ0n) is 12.6. The van der Waals surface area contributed by atoms with E-state index in [2.05, 4.69) is 22.2 Å². The Kier molecular flexibility index (Phi) is 5.41. The Morgan fingerprint density at radius 1 is 1.35 bits per heavy atom. The molecule has 0 spiro atoms. The minimum absolute atomic E-state index is 0.134. The maximum absolute atomic E-state index is 9.56. The molecule has 0 saturated heterocycles. The monoisotopic (exact) mass is 295 g/mol. The third-order valence-electron chi connectivity index (χ3n) is 3.54. The van der Waals surface area contributed by atoms with Gasteiger partial charge in [0, 0.05) is 28.7 Å². The number of aromatic nitrogens is 2. The van der Waals surface area contributed by atoms with Gasteiger partial charge in [0.1, 0.15) is 0 Å². The van der Waals surface area contributed by atoms with Gasteiger partial charge in [-0.2, -0.15) is 0 Å². The summed E-state index contributed by atoms with van der Waals surface area (Å²) in [6.45, 7) is 6.32. The van der Waals surface area contributed by atoms with Gasteiger partial charge in [-0.15, -0.1) is 0 Å². The summed E-state index contributed by atoms with van der Waals surface area (Å²) in [5.41, 5.74) is 1.91. The van der Waals surface area contributed by atoms with E-state index in [4.69, 9.17) is 0 Å². The van der Waals surface area contributed by atoms with Crippen molar-refractivity contribution < 1.29 is 5.11 Å². The third-order valence-corrected chi connectivity index (χ3v) is 4.48. The molecule has 4 nitrogen and oxygen atoms in total. The highest BCUT2D eigenvalue weighted by Crippen LogP contribution is 2.25. The summed E-state index contributed by atoms with van der Waals surface area (Å²) in [5, 5.41) is 14.0. The Labute approximate surface area is 125 Å². The predicted molar refractivity (Wildman–Crippen MR) is 83.1 cm³/mol. The lowest BCUT2D eigenvalue weighted by atomic mass is 9.97. The van der Waals surface area contributed by atoms with E-state index in [1.807, 2.05) is 19.9 Å². The number of hydrogen-bond acceptors (Lipinski definition) is 5. The van der Waals surface area contributed by atoms with E-state index in [1.54, 1.807) is 11.8 Å². The Hall–Kier alpha value is -0.650. The van der Waals surface area contributed by atoms with Crippen LogP contribution in [0.4, 0.5) is 0 Å². The summed E-state index contributed by atoms with van der Waals surface area (Å²) in [7, 11) is 0. The number of aliphatic hydroxyl groups is 1. The van der Waals surface area contributed by atoms with Crippen LogP contribution in [0.2, 0.25) is 0 Å². The van der Waals surface area contributed by atoms with Crippen LogP contribution in [0.1, 0.15) is 44.0 Å². The van der Waals surface area contributed by atoms with E-state index in [0.29, 0.717) is 6.04 Å². The van der Waals surface area contributed by atoms with Crippen LogP contribution in [-0.2, 0) is 0 Å². The van der Waals surface area contributed by atoms with E-state index in [-0.39, 0.29) is 12.1 Å². The summed E-state index contributed by atoms with van der Waals surface area (Å²) in [6, 6.07) is 2.62. The molecule has 1 saturated carbocycles. The standard InChI is InChI=1S/C15H25N3OS/c1-11-9-12(2)17-14(16-11)20-8-4-7-15(3,10-19)18-13-5-6-13/h9,13,18-19H,4-8,10H2,1-3H3. The summed E-state index contributed by atoms with van der Waals surface area (Å²) in [5.74, 6) is 0.991. The van der Waals surface area contributed by atoms with Crippen LogP contribution in [0.15, 0.2) is 11.2 Å². The van der Waals surface area contributed by atoms with Crippen LogP contribution in [0, 0.1) is 13.8 Å². The van der Waals surface area contributed by atoms with Gasteiger partial charge in [-0.1, -0.05) is 11.8 Å². The summed E-state index contributed by atoms with van der Waals surface area (Å²) in [6.07, 6.45) is 4.54. The molecule has 20 heavy (non-hydrogen) atoms. The Morgan fingerprint density at radius 2 is 2.00 bits per heavy atom. The number of nitrogens with one attached hydrogen (secondary N) is 1. The molecular formula is C15H25N3OS. The van der Waals surface area contributed by atoms with Crippen molar-refractivity contribution in [1.29, 1.82) is 0 Å². The molecule has 0 amide bonds. The molecular weight excluding hydrogens is 270 g/mol. The Morgan fingerprint density at radius 3 is 2.55 bits per heavy atom. The number of aliphatic hydroxyl groups excluding tert-OH is 1. The minimum atomic E-state index is -0.134. The van der Waals surface area contributed by atoms with Crippen LogP contribution in [0.3, 0.4) is 0 Å². The maximum Gasteiger partial charge on any atom is 0.187 e. The number of thioether (sulfide) groups is 1. The third kappa shape index (κ3) is 5.04. The van der Waals surface area contributed by atoms with Gasteiger partial charge in [0.25, 0.3) is 0 Å². The average molecular weight is 295 g/mol. The first-order valence-electron chi connectivity index (χ1n) is 7.34. The summed E-state index contributed by atoms with van der Waals surface area (Å²) >= 11 is 1.70. The first-order valence-corrected chi connectivity index (χ1v) is 8.33. The fourth-order valence-electron chi connectivity index (χ4n) is 2.30. The van der Waals surface area contributed by atoms with Crippen LogP contribution in [0.5, 0.6) is 0 Å². The molecule has 1 fully saturated rings. The quantitative estimate of drug-likeness (QED) is 0.438. The highest BCUT2D eigenvalue weighted by atomic mass is 32.2. The molecule has 5 heteroatoms. The van der Waals surface area contributed by atoms with Crippen LogP contribution in [-0.4, -0.2) is 39.0 Å². The van der Waals surface area contributed by atoms with Crippen molar-refractivity contribution in [1.82, 2.24) is 15.3 Å². The molecule has 1 aliphatic rings. The SMILES string of the molecule is Cc1cc(C)nc(SCCCC(C)(CO)NC2CC2)n1. The van der Waals surface area contributed by atoms with Crippen molar-refractivity contribution in [3.05, 3.63) is 17.5 Å². The zero-order chi connectivity index (χ0) is 14.6. The van der Waals surface area contributed by atoms with Crippen molar-refractivity contribution in [3.63, 3.8) is 0 Å². The second kappa shape index (κ2) is 6.87. The average Bonchev–Trinajstić information content (AvgIpc) is 3.17. The van der Waals surface area contributed by atoms with Crippen molar-refractivity contribution in [2.24, 2.45) is 0 Å². The second-order valence-electron chi connectivity index (χ2n) is 6.02. The van der Waals surface area contributed by atoms with E-state index in [0.717, 1.165) is 35.1 Å². The molecule has 0 radical (unpaired) electrons. The van der Waals surface area contributed by atoms with E-state index < -0.39 is 0 Å². The molecule has 1 aromatic heterocycles. The topological polar surface area (TPSA) is 58.0 Å². The van der Waals surface area contributed by atoms with Crippen molar-refractivity contribution in [2.45, 2.75) is 63.2 Å². The van der Waals surface area contributed by atoms with Crippen molar-refractivity contribution >= 4 is 11.8 Å². The number of hydrogen-bond donors (Lipinski definition) is 2. The molecule has 0 aromatic carbocycles. The minimum Gasteiger partial charge on any atom is -0.394 e. The van der Waals surface area contributed by atoms with Gasteiger partial charge < -0.3 is 10.4 Å². The molecule has 1 aromatic rings. The van der Waals surface area contributed by atoms with Gasteiger partial charge in [0.05, 0.1) is 6.61 Å². The van der Waals surface area contributed by atoms with Crippen molar-refractivity contribution in [3.8, 4) is 0 Å². The molecule has 0 aliphatic heterocycles. The summed E-state index contributed by atoms with van der Waals surface area (Å²) in [4.78, 5) is 8.87. The molecule has 112 valence electrons.